The third-order valence-electron chi connectivity index (χ3n) is 4.20. The van der Waals surface area contributed by atoms with Gasteiger partial charge < -0.3 is 10.2 Å². The molecule has 1 atom stereocenters. The quantitative estimate of drug-likeness (QED) is 0.908. The van der Waals surface area contributed by atoms with Gasteiger partial charge in [0.2, 0.25) is 5.91 Å². The van der Waals surface area contributed by atoms with E-state index >= 15 is 0 Å². The van der Waals surface area contributed by atoms with Crippen molar-refractivity contribution in [3.63, 3.8) is 0 Å². The molecule has 0 bridgehead atoms. The summed E-state index contributed by atoms with van der Waals surface area (Å²) >= 11 is 3.59. The van der Waals surface area contributed by atoms with Crippen molar-refractivity contribution in [1.82, 2.24) is 10.2 Å². The number of nitrogens with zero attached hydrogens (tertiary/aromatic N) is 1. The van der Waals surface area contributed by atoms with Gasteiger partial charge in [-0.2, -0.15) is 0 Å². The van der Waals surface area contributed by atoms with Crippen LogP contribution in [0, 0.1) is 0 Å². The topological polar surface area (TPSA) is 32.3 Å². The monoisotopic (exact) mass is 322 g/mol. The predicted molar refractivity (Wildman–Crippen MR) is 78.9 cm³/mol. The number of carbonyl (C=O) groups is 1. The molecule has 3 rings (SSSR count). The first-order valence-corrected chi connectivity index (χ1v) is 7.80. The Balaban J connectivity index is 2.03. The molecule has 1 saturated heterocycles. The molecule has 2 aliphatic heterocycles. The predicted octanol–water partition coefficient (Wildman–Crippen LogP) is 2.78. The van der Waals surface area contributed by atoms with Gasteiger partial charge in [0.05, 0.1) is 6.42 Å². The van der Waals surface area contributed by atoms with Gasteiger partial charge in [0.15, 0.2) is 0 Å². The fourth-order valence-electron chi connectivity index (χ4n) is 3.17. The van der Waals surface area contributed by atoms with Crippen LogP contribution in [-0.4, -0.2) is 23.9 Å². The molecular weight excluding hydrogens is 304 g/mol. The highest BCUT2D eigenvalue weighted by molar-refractivity contribution is 9.10. The third-order valence-corrected chi connectivity index (χ3v) is 4.66. The average Bonchev–Trinajstić information content (AvgIpc) is 2.90. The lowest BCUT2D eigenvalue weighted by Gasteiger charge is -2.31. The number of halogens is 1. The van der Waals surface area contributed by atoms with Crippen molar-refractivity contribution in [2.75, 3.05) is 13.1 Å². The van der Waals surface area contributed by atoms with Crippen LogP contribution in [0.2, 0.25) is 0 Å². The molecule has 0 saturated carbocycles. The largest absolute Gasteiger partial charge is 0.338 e. The Morgan fingerprint density at radius 3 is 3.00 bits per heavy atom. The molecule has 3 nitrogen and oxygen atoms in total. The van der Waals surface area contributed by atoms with E-state index < -0.39 is 0 Å². The molecule has 1 amide bonds. The normalized spacial score (nSPS) is 22.7. The molecule has 102 valence electrons. The van der Waals surface area contributed by atoms with Gasteiger partial charge in [0.25, 0.3) is 0 Å². The summed E-state index contributed by atoms with van der Waals surface area (Å²) in [6.07, 6.45) is 2.98. The molecule has 4 heteroatoms. The summed E-state index contributed by atoms with van der Waals surface area (Å²) in [5.74, 6) is 0.249. The number of carbonyl (C=O) groups excluding carboxylic acids is 1. The van der Waals surface area contributed by atoms with Crippen LogP contribution in [0.4, 0.5) is 0 Å². The first-order chi connectivity index (χ1) is 9.19. The van der Waals surface area contributed by atoms with E-state index in [0.717, 1.165) is 24.1 Å². The number of benzene rings is 1. The van der Waals surface area contributed by atoms with Crippen LogP contribution < -0.4 is 5.32 Å². The fourth-order valence-corrected chi connectivity index (χ4v) is 3.69. The summed E-state index contributed by atoms with van der Waals surface area (Å²) in [7, 11) is 0. The SMILES string of the molecule is CCN1Cc2c(cc(Br)cc2C2CCCN2)CC1=O. The Morgan fingerprint density at radius 1 is 1.47 bits per heavy atom. The van der Waals surface area contributed by atoms with E-state index in [1.165, 1.54) is 29.5 Å². The Kier molecular flexibility index (Phi) is 3.63. The summed E-state index contributed by atoms with van der Waals surface area (Å²) in [6.45, 7) is 4.72. The van der Waals surface area contributed by atoms with Crippen molar-refractivity contribution in [2.24, 2.45) is 0 Å². The molecule has 1 aromatic carbocycles. The van der Waals surface area contributed by atoms with Crippen LogP contribution in [0.5, 0.6) is 0 Å². The second kappa shape index (κ2) is 5.25. The van der Waals surface area contributed by atoms with E-state index in [-0.39, 0.29) is 5.91 Å². The lowest BCUT2D eigenvalue weighted by atomic mass is 9.90. The molecule has 1 N–H and O–H groups in total. The van der Waals surface area contributed by atoms with Crippen LogP contribution in [-0.2, 0) is 17.8 Å². The van der Waals surface area contributed by atoms with E-state index in [1.54, 1.807) is 0 Å². The number of rotatable bonds is 2. The van der Waals surface area contributed by atoms with E-state index in [2.05, 4.69) is 40.3 Å². The van der Waals surface area contributed by atoms with Gasteiger partial charge in [-0.25, -0.2) is 0 Å². The molecule has 1 fully saturated rings. The number of hydrogen-bond donors (Lipinski definition) is 1. The molecule has 2 aliphatic rings. The Labute approximate surface area is 122 Å². The smallest absolute Gasteiger partial charge is 0.227 e. The van der Waals surface area contributed by atoms with Crippen LogP contribution in [0.25, 0.3) is 0 Å². The molecule has 0 aliphatic carbocycles. The minimum Gasteiger partial charge on any atom is -0.338 e. The summed E-state index contributed by atoms with van der Waals surface area (Å²) in [5.41, 5.74) is 3.95. The first-order valence-electron chi connectivity index (χ1n) is 7.01. The summed E-state index contributed by atoms with van der Waals surface area (Å²) in [5, 5.41) is 3.57. The van der Waals surface area contributed by atoms with Crippen molar-refractivity contribution >= 4 is 21.8 Å². The van der Waals surface area contributed by atoms with Gasteiger partial charge in [-0.05, 0) is 55.1 Å². The molecule has 0 radical (unpaired) electrons. The third kappa shape index (κ3) is 2.43. The lowest BCUT2D eigenvalue weighted by Crippen LogP contribution is -2.37. The zero-order valence-corrected chi connectivity index (χ0v) is 12.8. The molecule has 0 aromatic heterocycles. The summed E-state index contributed by atoms with van der Waals surface area (Å²) in [4.78, 5) is 14.0. The van der Waals surface area contributed by atoms with E-state index in [1.807, 2.05) is 4.90 Å². The lowest BCUT2D eigenvalue weighted by molar-refractivity contribution is -0.131. The summed E-state index contributed by atoms with van der Waals surface area (Å²) in [6, 6.07) is 4.79. The number of likely N-dealkylation sites (N-methyl/N-ethyl adjacent to an activating group) is 1. The van der Waals surface area contributed by atoms with Crippen molar-refractivity contribution in [3.05, 3.63) is 33.3 Å². The molecule has 0 spiro atoms. The first kappa shape index (κ1) is 13.1. The van der Waals surface area contributed by atoms with Gasteiger partial charge in [0.1, 0.15) is 0 Å². The Bertz CT molecular complexity index is 509. The van der Waals surface area contributed by atoms with Crippen LogP contribution in [0.1, 0.15) is 42.5 Å². The maximum atomic E-state index is 12.0. The van der Waals surface area contributed by atoms with E-state index in [4.69, 9.17) is 0 Å². The van der Waals surface area contributed by atoms with Gasteiger partial charge >= 0.3 is 0 Å². The molecular formula is C15H19BrN2O. The molecule has 1 unspecified atom stereocenters. The summed E-state index contributed by atoms with van der Waals surface area (Å²) < 4.78 is 1.09. The number of fused-ring (bicyclic) bond motifs is 1. The average molecular weight is 323 g/mol. The Morgan fingerprint density at radius 2 is 2.32 bits per heavy atom. The minimum atomic E-state index is 0.249. The second-order valence-electron chi connectivity index (χ2n) is 5.37. The number of nitrogens with one attached hydrogen (secondary N) is 1. The minimum absolute atomic E-state index is 0.249. The maximum Gasteiger partial charge on any atom is 0.227 e. The van der Waals surface area contributed by atoms with Crippen molar-refractivity contribution in [2.45, 2.75) is 38.8 Å². The molecule has 2 heterocycles. The number of amides is 1. The maximum absolute atomic E-state index is 12.0. The van der Waals surface area contributed by atoms with Crippen molar-refractivity contribution < 1.29 is 4.79 Å². The standard InChI is InChI=1S/C15H19BrN2O/c1-2-18-9-13-10(7-15(18)19)6-11(16)8-12(13)14-4-3-5-17-14/h6,8,14,17H,2-5,7,9H2,1H3. The highest BCUT2D eigenvalue weighted by Crippen LogP contribution is 2.34. The van der Waals surface area contributed by atoms with Gasteiger partial charge in [-0.3, -0.25) is 4.79 Å². The highest BCUT2D eigenvalue weighted by atomic mass is 79.9. The molecule has 19 heavy (non-hydrogen) atoms. The zero-order valence-electron chi connectivity index (χ0n) is 11.2. The number of hydrogen-bond acceptors (Lipinski definition) is 2. The van der Waals surface area contributed by atoms with Crippen LogP contribution in [0.3, 0.4) is 0 Å². The van der Waals surface area contributed by atoms with Gasteiger partial charge in [-0.15, -0.1) is 0 Å². The van der Waals surface area contributed by atoms with E-state index in [0.29, 0.717) is 12.5 Å². The zero-order chi connectivity index (χ0) is 13.4. The van der Waals surface area contributed by atoms with Crippen LogP contribution >= 0.6 is 15.9 Å². The fraction of sp³-hybridized carbons (Fsp3) is 0.533. The van der Waals surface area contributed by atoms with Gasteiger partial charge in [-0.1, -0.05) is 15.9 Å². The van der Waals surface area contributed by atoms with Crippen molar-refractivity contribution in [1.29, 1.82) is 0 Å². The second-order valence-corrected chi connectivity index (χ2v) is 6.28. The van der Waals surface area contributed by atoms with Crippen LogP contribution in [0.15, 0.2) is 16.6 Å². The molecule has 1 aromatic rings. The van der Waals surface area contributed by atoms with Crippen molar-refractivity contribution in [3.8, 4) is 0 Å². The van der Waals surface area contributed by atoms with E-state index in [9.17, 15) is 4.79 Å². The Hall–Kier alpha value is -0.870. The van der Waals surface area contributed by atoms with Gasteiger partial charge in [0, 0.05) is 23.6 Å². The highest BCUT2D eigenvalue weighted by Gasteiger charge is 2.28.